The summed E-state index contributed by atoms with van der Waals surface area (Å²) in [4.78, 5) is 9.10. The number of nitrogens with one attached hydrogen (secondary N) is 1. The smallest absolute Gasteiger partial charge is 0.173 e. The number of benzene rings is 1. The van der Waals surface area contributed by atoms with Gasteiger partial charge in [-0.15, -0.1) is 0 Å². The molecule has 2 aromatic rings. The van der Waals surface area contributed by atoms with E-state index in [0.717, 1.165) is 54.2 Å². The molecule has 1 aromatic carbocycles. The molecule has 6 heteroatoms. The summed E-state index contributed by atoms with van der Waals surface area (Å²) >= 11 is 5.55. The Balaban J connectivity index is 1.57. The fourth-order valence-corrected chi connectivity index (χ4v) is 3.05. The molecule has 2 heterocycles. The Morgan fingerprint density at radius 1 is 1.12 bits per heavy atom. The van der Waals surface area contributed by atoms with Gasteiger partial charge in [0.25, 0.3) is 0 Å². The summed E-state index contributed by atoms with van der Waals surface area (Å²) in [5.41, 5.74) is 1.99. The molecular weight excluding hydrogens is 320 g/mol. The van der Waals surface area contributed by atoms with Gasteiger partial charge in [0.15, 0.2) is 5.11 Å². The Morgan fingerprint density at radius 2 is 1.88 bits per heavy atom. The zero-order valence-electron chi connectivity index (χ0n) is 14.0. The maximum Gasteiger partial charge on any atom is 0.173 e. The highest BCUT2D eigenvalue weighted by molar-refractivity contribution is 7.80. The van der Waals surface area contributed by atoms with Crippen molar-refractivity contribution in [3.63, 3.8) is 0 Å². The van der Waals surface area contributed by atoms with Crippen LogP contribution in [0.1, 0.15) is 5.69 Å². The van der Waals surface area contributed by atoms with E-state index in [1.54, 1.807) is 7.11 Å². The van der Waals surface area contributed by atoms with Crippen LogP contribution in [0.25, 0.3) is 0 Å². The second-order valence-electron chi connectivity index (χ2n) is 5.77. The number of rotatable bonds is 3. The van der Waals surface area contributed by atoms with Gasteiger partial charge in [-0.3, -0.25) is 0 Å². The van der Waals surface area contributed by atoms with Gasteiger partial charge in [0.2, 0.25) is 0 Å². The van der Waals surface area contributed by atoms with E-state index in [9.17, 15) is 0 Å². The maximum absolute atomic E-state index is 5.55. The van der Waals surface area contributed by atoms with Crippen LogP contribution < -0.4 is 15.0 Å². The molecule has 1 aliphatic rings. The van der Waals surface area contributed by atoms with Gasteiger partial charge in [-0.2, -0.15) is 0 Å². The summed E-state index contributed by atoms with van der Waals surface area (Å²) in [5, 5.41) is 4.04. The minimum Gasteiger partial charge on any atom is -0.497 e. The summed E-state index contributed by atoms with van der Waals surface area (Å²) in [6.45, 7) is 5.61. The molecule has 0 amide bonds. The van der Waals surface area contributed by atoms with Gasteiger partial charge >= 0.3 is 0 Å². The molecule has 0 saturated carbocycles. The van der Waals surface area contributed by atoms with Crippen LogP contribution >= 0.6 is 12.2 Å². The van der Waals surface area contributed by atoms with Gasteiger partial charge in [0, 0.05) is 43.6 Å². The lowest BCUT2D eigenvalue weighted by molar-refractivity contribution is 0.389. The third kappa shape index (κ3) is 3.94. The second-order valence-corrected chi connectivity index (χ2v) is 6.16. The summed E-state index contributed by atoms with van der Waals surface area (Å²) in [6, 6.07) is 13.9. The van der Waals surface area contributed by atoms with Crippen molar-refractivity contribution < 1.29 is 4.74 Å². The Kier molecular flexibility index (Phi) is 5.15. The van der Waals surface area contributed by atoms with E-state index < -0.39 is 0 Å². The molecule has 0 atom stereocenters. The minimum atomic E-state index is 0.750. The summed E-state index contributed by atoms with van der Waals surface area (Å²) < 4.78 is 5.24. The highest BCUT2D eigenvalue weighted by Crippen LogP contribution is 2.18. The van der Waals surface area contributed by atoms with E-state index in [1.807, 2.05) is 37.3 Å². The maximum atomic E-state index is 5.55. The first-order valence-electron chi connectivity index (χ1n) is 8.04. The number of piperazine rings is 1. The van der Waals surface area contributed by atoms with Gasteiger partial charge < -0.3 is 19.9 Å². The van der Waals surface area contributed by atoms with E-state index >= 15 is 0 Å². The number of anilines is 2. The standard InChI is InChI=1S/C18H22N4OS/c1-14-5-3-8-17(19-14)21-9-11-22(12-10-21)18(24)20-15-6-4-7-16(13-15)23-2/h3-8,13H,9-12H2,1-2H3,(H,20,24). The van der Waals surface area contributed by atoms with Gasteiger partial charge in [-0.05, 0) is 43.4 Å². The van der Waals surface area contributed by atoms with Crippen LogP contribution in [0.5, 0.6) is 5.75 Å². The third-order valence-corrected chi connectivity index (χ3v) is 4.45. The first-order chi connectivity index (χ1) is 11.7. The number of methoxy groups -OCH3 is 1. The Hall–Kier alpha value is -2.34. The molecule has 0 unspecified atom stereocenters. The van der Waals surface area contributed by atoms with E-state index in [0.29, 0.717) is 0 Å². The van der Waals surface area contributed by atoms with E-state index in [4.69, 9.17) is 17.0 Å². The summed E-state index contributed by atoms with van der Waals surface area (Å²) in [7, 11) is 1.66. The lowest BCUT2D eigenvalue weighted by Crippen LogP contribution is -2.50. The van der Waals surface area contributed by atoms with Gasteiger partial charge in [0.1, 0.15) is 11.6 Å². The van der Waals surface area contributed by atoms with Crippen LogP contribution in [0.2, 0.25) is 0 Å². The number of thiocarbonyl (C=S) groups is 1. The van der Waals surface area contributed by atoms with Crippen molar-refractivity contribution in [2.24, 2.45) is 0 Å². The topological polar surface area (TPSA) is 40.6 Å². The predicted molar refractivity (Wildman–Crippen MR) is 102 cm³/mol. The third-order valence-electron chi connectivity index (χ3n) is 4.09. The van der Waals surface area contributed by atoms with Crippen molar-refractivity contribution in [1.29, 1.82) is 0 Å². The number of hydrogen-bond acceptors (Lipinski definition) is 4. The number of hydrogen-bond donors (Lipinski definition) is 1. The molecule has 1 N–H and O–H groups in total. The Bertz CT molecular complexity index is 714. The van der Waals surface area contributed by atoms with Crippen LogP contribution in [0.15, 0.2) is 42.5 Å². The fraction of sp³-hybridized carbons (Fsp3) is 0.333. The van der Waals surface area contributed by atoms with Crippen molar-refractivity contribution >= 4 is 28.8 Å². The first-order valence-corrected chi connectivity index (χ1v) is 8.45. The molecule has 24 heavy (non-hydrogen) atoms. The van der Waals surface area contributed by atoms with Crippen molar-refractivity contribution in [3.05, 3.63) is 48.2 Å². The van der Waals surface area contributed by atoms with Crippen LogP contribution in [-0.2, 0) is 0 Å². The largest absolute Gasteiger partial charge is 0.497 e. The molecule has 3 rings (SSSR count). The molecule has 126 valence electrons. The van der Waals surface area contributed by atoms with E-state index in [-0.39, 0.29) is 0 Å². The molecule has 1 aromatic heterocycles. The molecule has 1 fully saturated rings. The quantitative estimate of drug-likeness (QED) is 0.865. The zero-order valence-corrected chi connectivity index (χ0v) is 14.8. The summed E-state index contributed by atoms with van der Waals surface area (Å²) in [5.74, 6) is 1.86. The van der Waals surface area contributed by atoms with Crippen LogP contribution in [-0.4, -0.2) is 48.3 Å². The number of nitrogens with zero attached hydrogens (tertiary/aromatic N) is 3. The molecule has 1 aliphatic heterocycles. The van der Waals surface area contributed by atoms with Crippen molar-refractivity contribution in [2.45, 2.75) is 6.92 Å². The lowest BCUT2D eigenvalue weighted by atomic mass is 10.3. The Labute approximate surface area is 148 Å². The van der Waals surface area contributed by atoms with Crippen LogP contribution in [0.4, 0.5) is 11.5 Å². The average molecular weight is 342 g/mol. The summed E-state index contributed by atoms with van der Waals surface area (Å²) in [6.07, 6.45) is 0. The monoisotopic (exact) mass is 342 g/mol. The average Bonchev–Trinajstić information content (AvgIpc) is 2.62. The normalized spacial score (nSPS) is 14.4. The molecule has 0 radical (unpaired) electrons. The van der Waals surface area contributed by atoms with E-state index in [1.165, 1.54) is 0 Å². The molecule has 0 aliphatic carbocycles. The molecule has 5 nitrogen and oxygen atoms in total. The van der Waals surface area contributed by atoms with Gasteiger partial charge in [0.05, 0.1) is 7.11 Å². The lowest BCUT2D eigenvalue weighted by Gasteiger charge is -2.36. The molecule has 0 bridgehead atoms. The molecular formula is C18H22N4OS. The van der Waals surface area contributed by atoms with Gasteiger partial charge in [-0.25, -0.2) is 4.98 Å². The highest BCUT2D eigenvalue weighted by Gasteiger charge is 2.20. The highest BCUT2D eigenvalue weighted by atomic mass is 32.1. The number of aromatic nitrogens is 1. The Morgan fingerprint density at radius 3 is 2.58 bits per heavy atom. The van der Waals surface area contributed by atoms with Crippen molar-refractivity contribution in [2.75, 3.05) is 43.5 Å². The van der Waals surface area contributed by atoms with Gasteiger partial charge in [-0.1, -0.05) is 12.1 Å². The van der Waals surface area contributed by atoms with Crippen molar-refractivity contribution in [1.82, 2.24) is 9.88 Å². The van der Waals surface area contributed by atoms with Crippen LogP contribution in [0, 0.1) is 6.92 Å². The first kappa shape index (κ1) is 16.5. The zero-order chi connectivity index (χ0) is 16.9. The molecule has 1 saturated heterocycles. The molecule has 0 spiro atoms. The predicted octanol–water partition coefficient (Wildman–Crippen LogP) is 2.92. The number of ether oxygens (including phenoxy) is 1. The minimum absolute atomic E-state index is 0.750. The second kappa shape index (κ2) is 7.49. The fourth-order valence-electron chi connectivity index (χ4n) is 2.75. The number of aryl methyl sites for hydroxylation is 1. The SMILES string of the molecule is COc1cccc(NC(=S)N2CCN(c3cccc(C)n3)CC2)c1. The van der Waals surface area contributed by atoms with Crippen LogP contribution in [0.3, 0.4) is 0 Å². The number of pyridine rings is 1. The van der Waals surface area contributed by atoms with E-state index in [2.05, 4.69) is 32.2 Å². The van der Waals surface area contributed by atoms with Crippen molar-refractivity contribution in [3.8, 4) is 5.75 Å².